The van der Waals surface area contributed by atoms with E-state index in [2.05, 4.69) is 0 Å². The molecule has 0 unspecified atom stereocenters. The van der Waals surface area contributed by atoms with Crippen LogP contribution in [0.1, 0.15) is 41.5 Å². The van der Waals surface area contributed by atoms with Gasteiger partial charge in [0.25, 0.3) is 0 Å². The quantitative estimate of drug-likeness (QED) is 0.407. The Kier molecular flexibility index (Phi) is 22.2. The topological polar surface area (TPSA) is 112 Å². The molecule has 0 radical (unpaired) electrons. The first-order chi connectivity index (χ1) is 9.38. The van der Waals surface area contributed by atoms with E-state index in [1.54, 1.807) is 0 Å². The molecule has 0 bridgehead atoms. The molecule has 0 heterocycles. The third kappa shape index (κ3) is 51.8. The van der Waals surface area contributed by atoms with E-state index in [0.717, 1.165) is 0 Å². The molecule has 0 aliphatic rings. The predicted molar refractivity (Wildman–Crippen MR) is 81.2 cm³/mol. The van der Waals surface area contributed by atoms with Gasteiger partial charge in [-0.1, -0.05) is 0 Å². The fourth-order valence-electron chi connectivity index (χ4n) is 0.882. The van der Waals surface area contributed by atoms with Crippen molar-refractivity contribution in [2.24, 2.45) is 0 Å². The SMILES string of the molecule is CC(=O)/C=C(/C)O.CC(=O)/C=C(/C)O.CC(=O)/C=C(/C)O.[Mn+3]. The Labute approximate surface area is 141 Å². The summed E-state index contributed by atoms with van der Waals surface area (Å²) >= 11 is 0. The second-order valence-corrected chi connectivity index (χ2v) is 4.19. The van der Waals surface area contributed by atoms with Crippen molar-refractivity contribution in [1.82, 2.24) is 0 Å². The molecule has 0 aromatic heterocycles. The van der Waals surface area contributed by atoms with Gasteiger partial charge in [-0.15, -0.1) is 0 Å². The van der Waals surface area contributed by atoms with Gasteiger partial charge in [0.05, 0.1) is 17.3 Å². The Morgan fingerprint density at radius 1 is 0.545 bits per heavy atom. The van der Waals surface area contributed by atoms with Crippen LogP contribution in [0.2, 0.25) is 0 Å². The fourth-order valence-corrected chi connectivity index (χ4v) is 0.882. The van der Waals surface area contributed by atoms with Gasteiger partial charge < -0.3 is 15.3 Å². The van der Waals surface area contributed by atoms with Crippen molar-refractivity contribution in [3.05, 3.63) is 35.5 Å². The molecular formula is C15H24MnO6+3. The summed E-state index contributed by atoms with van der Waals surface area (Å²) in [6.07, 6.45) is 3.50. The van der Waals surface area contributed by atoms with Gasteiger partial charge in [-0.2, -0.15) is 0 Å². The number of aliphatic hydroxyl groups is 3. The summed E-state index contributed by atoms with van der Waals surface area (Å²) in [6, 6.07) is 0. The van der Waals surface area contributed by atoms with Gasteiger partial charge in [-0.25, -0.2) is 0 Å². The molecule has 3 N–H and O–H groups in total. The minimum Gasteiger partial charge on any atom is -0.512 e. The van der Waals surface area contributed by atoms with Gasteiger partial charge in [0, 0.05) is 18.2 Å². The Bertz CT molecular complexity index is 368. The maximum Gasteiger partial charge on any atom is 3.00 e. The summed E-state index contributed by atoms with van der Waals surface area (Å²) in [7, 11) is 0. The van der Waals surface area contributed by atoms with Gasteiger partial charge in [0.15, 0.2) is 17.3 Å². The predicted octanol–water partition coefficient (Wildman–Crippen LogP) is 3.11. The van der Waals surface area contributed by atoms with E-state index in [9.17, 15) is 14.4 Å². The summed E-state index contributed by atoms with van der Waals surface area (Å²) in [4.78, 5) is 30.1. The van der Waals surface area contributed by atoms with Crippen molar-refractivity contribution in [3.8, 4) is 0 Å². The smallest absolute Gasteiger partial charge is 0.512 e. The number of hydrogen-bond donors (Lipinski definition) is 3. The molecule has 0 saturated carbocycles. The average Bonchev–Trinajstić information content (AvgIpc) is 2.10. The maximum atomic E-state index is 10.0. The number of allylic oxidation sites excluding steroid dienone is 6. The molecule has 0 amide bonds. The molecule has 0 atom stereocenters. The van der Waals surface area contributed by atoms with Crippen LogP contribution in [-0.2, 0) is 31.5 Å². The number of rotatable bonds is 3. The first kappa shape index (κ1) is 28.3. The monoisotopic (exact) mass is 355 g/mol. The second-order valence-electron chi connectivity index (χ2n) is 4.19. The van der Waals surface area contributed by atoms with Crippen LogP contribution in [0.25, 0.3) is 0 Å². The van der Waals surface area contributed by atoms with Crippen molar-refractivity contribution < 1.29 is 46.8 Å². The molecule has 0 spiro atoms. The van der Waals surface area contributed by atoms with Crippen molar-refractivity contribution in [2.75, 3.05) is 0 Å². The number of aliphatic hydroxyl groups excluding tert-OH is 3. The molecule has 0 aromatic rings. The number of carbonyl (C=O) groups excluding carboxylic acids is 3. The molecule has 22 heavy (non-hydrogen) atoms. The van der Waals surface area contributed by atoms with Crippen molar-refractivity contribution in [1.29, 1.82) is 0 Å². The minimum atomic E-state index is -0.125. The van der Waals surface area contributed by atoms with Gasteiger partial charge >= 0.3 is 17.1 Å². The molecule has 0 saturated heterocycles. The number of ketones is 3. The Morgan fingerprint density at radius 2 is 0.682 bits per heavy atom. The van der Waals surface area contributed by atoms with E-state index >= 15 is 0 Å². The van der Waals surface area contributed by atoms with Crippen LogP contribution in [0.4, 0.5) is 0 Å². The molecule has 0 aromatic carbocycles. The first-order valence-corrected chi connectivity index (χ1v) is 6.02. The van der Waals surface area contributed by atoms with Crippen molar-refractivity contribution in [3.63, 3.8) is 0 Å². The van der Waals surface area contributed by atoms with Gasteiger partial charge in [-0.3, -0.25) is 14.4 Å². The molecule has 0 rings (SSSR count). The molecule has 0 aliphatic carbocycles. The summed E-state index contributed by atoms with van der Waals surface area (Å²) < 4.78 is 0. The first-order valence-electron chi connectivity index (χ1n) is 6.02. The molecule has 124 valence electrons. The van der Waals surface area contributed by atoms with Crippen LogP contribution in [0, 0.1) is 0 Å². The summed E-state index contributed by atoms with van der Waals surface area (Å²) in [6.45, 7) is 8.54. The number of hydrogen-bond acceptors (Lipinski definition) is 6. The minimum absolute atomic E-state index is 0. The van der Waals surface area contributed by atoms with E-state index in [4.69, 9.17) is 15.3 Å². The van der Waals surface area contributed by atoms with Gasteiger partial charge in [0.1, 0.15) is 0 Å². The number of carbonyl (C=O) groups is 3. The van der Waals surface area contributed by atoms with E-state index in [1.807, 2.05) is 0 Å². The maximum absolute atomic E-state index is 10.0. The largest absolute Gasteiger partial charge is 3.00 e. The normalized spacial score (nSPS) is 10.9. The van der Waals surface area contributed by atoms with Crippen LogP contribution in [0.5, 0.6) is 0 Å². The zero-order valence-corrected chi connectivity index (χ0v) is 14.9. The second kappa shape index (κ2) is 17.2. The molecule has 7 heteroatoms. The zero-order chi connectivity index (χ0) is 17.6. The van der Waals surface area contributed by atoms with E-state index in [0.29, 0.717) is 0 Å². The third-order valence-corrected chi connectivity index (χ3v) is 1.24. The Hall–Kier alpha value is -1.85. The zero-order valence-electron chi connectivity index (χ0n) is 13.7. The summed E-state index contributed by atoms with van der Waals surface area (Å²) in [5.74, 6) is -0.187. The van der Waals surface area contributed by atoms with Crippen LogP contribution in [0.15, 0.2) is 35.5 Å². The molecule has 6 nitrogen and oxygen atoms in total. The van der Waals surface area contributed by atoms with Crippen LogP contribution in [-0.4, -0.2) is 32.7 Å². The molecular weight excluding hydrogens is 331 g/mol. The average molecular weight is 355 g/mol. The summed E-state index contributed by atoms with van der Waals surface area (Å²) in [5.41, 5.74) is 0. The van der Waals surface area contributed by atoms with E-state index < -0.39 is 0 Å². The third-order valence-electron chi connectivity index (χ3n) is 1.24. The van der Waals surface area contributed by atoms with Crippen molar-refractivity contribution >= 4 is 17.3 Å². The van der Waals surface area contributed by atoms with Crippen molar-refractivity contribution in [2.45, 2.75) is 41.5 Å². The van der Waals surface area contributed by atoms with E-state index in [1.165, 1.54) is 59.8 Å². The Balaban J connectivity index is -0.000000108. The van der Waals surface area contributed by atoms with Gasteiger partial charge in [0.2, 0.25) is 0 Å². The van der Waals surface area contributed by atoms with Gasteiger partial charge in [-0.05, 0) is 41.5 Å². The molecule has 0 aliphatic heterocycles. The van der Waals surface area contributed by atoms with Crippen LogP contribution in [0.3, 0.4) is 0 Å². The Morgan fingerprint density at radius 3 is 0.682 bits per heavy atom. The van der Waals surface area contributed by atoms with E-state index in [-0.39, 0.29) is 51.7 Å². The standard InChI is InChI=1S/3C5H8O2.Mn/c3*1-4(6)3-5(2)7;/h3*3,6H,1-2H3;/q;;;+3/b3*4-3-;. The summed E-state index contributed by atoms with van der Waals surface area (Å²) in [5, 5.41) is 25.1. The van der Waals surface area contributed by atoms with Crippen LogP contribution < -0.4 is 0 Å². The van der Waals surface area contributed by atoms with Crippen LogP contribution >= 0.6 is 0 Å². The molecule has 0 fully saturated rings. The fraction of sp³-hybridized carbons (Fsp3) is 0.400.